The van der Waals surface area contributed by atoms with Crippen molar-refractivity contribution in [1.82, 2.24) is 0 Å². The predicted octanol–water partition coefficient (Wildman–Crippen LogP) is 1.04. The lowest BCUT2D eigenvalue weighted by molar-refractivity contribution is -0.139. The largest absolute Gasteiger partial charge is 0.460 e. The Labute approximate surface area is 72.3 Å². The van der Waals surface area contributed by atoms with Crippen LogP contribution in [0, 0.1) is 0 Å². The molecule has 1 N–H and O–H groups in total. The van der Waals surface area contributed by atoms with Gasteiger partial charge in [-0.25, -0.2) is 4.79 Å². The number of aliphatic hydroxyl groups is 1. The highest BCUT2D eigenvalue weighted by Gasteiger charge is 2.04. The summed E-state index contributed by atoms with van der Waals surface area (Å²) in [4.78, 5) is 11.1. The van der Waals surface area contributed by atoms with E-state index in [9.17, 15) is 4.79 Å². The highest BCUT2D eigenvalue weighted by molar-refractivity contribution is 5.91. The first-order valence-electron chi connectivity index (χ1n) is 3.83. The fraction of sp³-hybridized carbons (Fsp3) is 0.444. The van der Waals surface area contributed by atoms with Gasteiger partial charge in [-0.15, -0.1) is 0 Å². The molecule has 0 aliphatic carbocycles. The van der Waals surface area contributed by atoms with E-state index in [-0.39, 0.29) is 13.2 Å². The minimum atomic E-state index is -0.398. The second-order valence-electron chi connectivity index (χ2n) is 2.10. The number of hydrogen-bond acceptors (Lipinski definition) is 3. The van der Waals surface area contributed by atoms with Crippen LogP contribution in [0.4, 0.5) is 0 Å². The van der Waals surface area contributed by atoms with Crippen LogP contribution in [0.1, 0.15) is 13.8 Å². The molecule has 0 rings (SSSR count). The predicted molar refractivity (Wildman–Crippen MR) is 46.6 cm³/mol. The summed E-state index contributed by atoms with van der Waals surface area (Å²) in [6, 6.07) is 0. The summed E-state index contributed by atoms with van der Waals surface area (Å²) in [5.41, 5.74) is 0.506. The summed E-state index contributed by atoms with van der Waals surface area (Å²) in [5, 5.41) is 8.38. The zero-order valence-corrected chi connectivity index (χ0v) is 7.41. The average molecular weight is 170 g/mol. The van der Waals surface area contributed by atoms with Gasteiger partial charge in [0.25, 0.3) is 0 Å². The second kappa shape index (κ2) is 6.61. The van der Waals surface area contributed by atoms with Gasteiger partial charge in [0.15, 0.2) is 0 Å². The van der Waals surface area contributed by atoms with Crippen LogP contribution in [-0.2, 0) is 9.53 Å². The maximum absolute atomic E-state index is 11.1. The SMILES string of the molecule is C/C=C\C(=C/C)C(=O)OCCO. The number of rotatable bonds is 4. The topological polar surface area (TPSA) is 46.5 Å². The molecule has 0 aliphatic rings. The molecule has 0 fully saturated rings. The fourth-order valence-electron chi connectivity index (χ4n) is 0.683. The van der Waals surface area contributed by atoms with Crippen LogP contribution in [0.2, 0.25) is 0 Å². The van der Waals surface area contributed by atoms with Gasteiger partial charge in [-0.2, -0.15) is 0 Å². The third-order valence-electron chi connectivity index (χ3n) is 1.22. The van der Waals surface area contributed by atoms with Crippen molar-refractivity contribution in [3.63, 3.8) is 0 Å². The van der Waals surface area contributed by atoms with Gasteiger partial charge < -0.3 is 9.84 Å². The zero-order valence-electron chi connectivity index (χ0n) is 7.41. The first-order valence-corrected chi connectivity index (χ1v) is 3.83. The summed E-state index contributed by atoms with van der Waals surface area (Å²) in [6.07, 6.45) is 5.09. The van der Waals surface area contributed by atoms with Gasteiger partial charge in [0.2, 0.25) is 0 Å². The van der Waals surface area contributed by atoms with E-state index in [4.69, 9.17) is 5.11 Å². The Hall–Kier alpha value is -1.09. The monoisotopic (exact) mass is 170 g/mol. The Kier molecular flexibility index (Phi) is 6.01. The molecule has 0 amide bonds. The number of esters is 1. The molecule has 0 saturated heterocycles. The van der Waals surface area contributed by atoms with E-state index in [2.05, 4.69) is 4.74 Å². The van der Waals surface area contributed by atoms with E-state index < -0.39 is 5.97 Å². The van der Waals surface area contributed by atoms with Gasteiger partial charge in [-0.3, -0.25) is 0 Å². The lowest BCUT2D eigenvalue weighted by atomic mass is 10.2. The van der Waals surface area contributed by atoms with Crippen LogP contribution in [0.5, 0.6) is 0 Å². The summed E-state index contributed by atoms with van der Waals surface area (Å²) >= 11 is 0. The maximum Gasteiger partial charge on any atom is 0.337 e. The number of carbonyl (C=O) groups excluding carboxylic acids is 1. The molecule has 68 valence electrons. The van der Waals surface area contributed by atoms with Crippen LogP contribution in [0.25, 0.3) is 0 Å². The molecule has 12 heavy (non-hydrogen) atoms. The number of aliphatic hydroxyl groups excluding tert-OH is 1. The average Bonchev–Trinajstić information content (AvgIpc) is 2.10. The quantitative estimate of drug-likeness (QED) is 0.389. The van der Waals surface area contributed by atoms with Crippen molar-refractivity contribution in [2.24, 2.45) is 0 Å². The third-order valence-corrected chi connectivity index (χ3v) is 1.22. The number of hydrogen-bond donors (Lipinski definition) is 1. The van der Waals surface area contributed by atoms with Crippen molar-refractivity contribution in [1.29, 1.82) is 0 Å². The van der Waals surface area contributed by atoms with Crippen LogP contribution < -0.4 is 0 Å². The fourth-order valence-corrected chi connectivity index (χ4v) is 0.683. The molecule has 0 aromatic rings. The van der Waals surface area contributed by atoms with Crippen molar-refractivity contribution in [3.05, 3.63) is 23.8 Å². The molecule has 3 heteroatoms. The smallest absolute Gasteiger partial charge is 0.337 e. The van der Waals surface area contributed by atoms with Crippen molar-refractivity contribution >= 4 is 5.97 Å². The van der Waals surface area contributed by atoms with Crippen LogP contribution in [0.15, 0.2) is 23.8 Å². The molecule has 3 nitrogen and oxygen atoms in total. The van der Waals surface area contributed by atoms with Crippen molar-refractivity contribution in [2.45, 2.75) is 13.8 Å². The van der Waals surface area contributed by atoms with E-state index in [0.29, 0.717) is 5.57 Å². The minimum absolute atomic E-state index is 0.0493. The van der Waals surface area contributed by atoms with Gasteiger partial charge in [0.1, 0.15) is 6.61 Å². The Morgan fingerprint density at radius 1 is 1.50 bits per heavy atom. The first kappa shape index (κ1) is 10.9. The molecule has 0 saturated carbocycles. The van der Waals surface area contributed by atoms with Crippen LogP contribution in [-0.4, -0.2) is 24.3 Å². The molecule has 0 aliphatic heterocycles. The van der Waals surface area contributed by atoms with Crippen molar-refractivity contribution < 1.29 is 14.6 Å². The molecule has 0 radical (unpaired) electrons. The normalized spacial score (nSPS) is 12.1. The summed E-state index contributed by atoms with van der Waals surface area (Å²) in [6.45, 7) is 3.49. The lowest BCUT2D eigenvalue weighted by Gasteiger charge is -2.01. The molecule has 0 bridgehead atoms. The van der Waals surface area contributed by atoms with Gasteiger partial charge in [-0.05, 0) is 13.8 Å². The van der Waals surface area contributed by atoms with E-state index in [1.165, 1.54) is 0 Å². The number of allylic oxidation sites excluding steroid dienone is 2. The summed E-state index contributed by atoms with van der Waals surface area (Å²) < 4.78 is 4.69. The van der Waals surface area contributed by atoms with Gasteiger partial charge in [0, 0.05) is 0 Å². The highest BCUT2D eigenvalue weighted by Crippen LogP contribution is 1.99. The van der Waals surface area contributed by atoms with Crippen molar-refractivity contribution in [3.8, 4) is 0 Å². The second-order valence-corrected chi connectivity index (χ2v) is 2.10. The molecular weight excluding hydrogens is 156 g/mol. The summed E-state index contributed by atoms with van der Waals surface area (Å²) in [5.74, 6) is -0.398. The van der Waals surface area contributed by atoms with Gasteiger partial charge in [-0.1, -0.05) is 18.2 Å². The Morgan fingerprint density at radius 2 is 2.17 bits per heavy atom. The first-order chi connectivity index (χ1) is 5.76. The lowest BCUT2D eigenvalue weighted by Crippen LogP contribution is -2.09. The van der Waals surface area contributed by atoms with E-state index in [1.54, 1.807) is 25.2 Å². The van der Waals surface area contributed by atoms with Gasteiger partial charge in [0.05, 0.1) is 12.2 Å². The van der Waals surface area contributed by atoms with E-state index in [1.807, 2.05) is 6.92 Å². The van der Waals surface area contributed by atoms with Crippen LogP contribution >= 0.6 is 0 Å². The Morgan fingerprint density at radius 3 is 2.58 bits per heavy atom. The minimum Gasteiger partial charge on any atom is -0.460 e. The maximum atomic E-state index is 11.1. The Balaban J connectivity index is 4.05. The van der Waals surface area contributed by atoms with Crippen LogP contribution in [0.3, 0.4) is 0 Å². The molecule has 0 heterocycles. The molecule has 0 unspecified atom stereocenters. The molecule has 0 aromatic heterocycles. The van der Waals surface area contributed by atoms with E-state index in [0.717, 1.165) is 0 Å². The van der Waals surface area contributed by atoms with E-state index >= 15 is 0 Å². The Bertz CT molecular complexity index is 192. The highest BCUT2D eigenvalue weighted by atomic mass is 16.5. The molecule has 0 spiro atoms. The molecular formula is C9H14O3. The molecule has 0 aromatic carbocycles. The number of ether oxygens (including phenoxy) is 1. The molecule has 0 atom stereocenters. The van der Waals surface area contributed by atoms with Crippen molar-refractivity contribution in [2.75, 3.05) is 13.2 Å². The zero-order chi connectivity index (χ0) is 9.40. The summed E-state index contributed by atoms with van der Waals surface area (Å²) in [7, 11) is 0. The third kappa shape index (κ3) is 3.93. The number of carbonyl (C=O) groups is 1. The standard InChI is InChI=1S/C9H14O3/c1-3-5-8(4-2)9(11)12-7-6-10/h3-5,10H,6-7H2,1-2H3/b5-3-,8-4+. The van der Waals surface area contributed by atoms with Gasteiger partial charge >= 0.3 is 5.97 Å².